The Morgan fingerprint density at radius 2 is 1.17 bits per heavy atom. The second-order valence-corrected chi connectivity index (χ2v) is 8.66. The molecule has 24 heavy (non-hydrogen) atoms. The number of carbonyl (C=O) groups excluding carboxylic acids is 1. The zero-order chi connectivity index (χ0) is 19.0. The minimum atomic E-state index is -0.892. The van der Waals surface area contributed by atoms with Gasteiger partial charge in [-0.05, 0) is 42.9 Å². The van der Waals surface area contributed by atoms with Crippen molar-refractivity contribution < 1.29 is 19.4 Å². The summed E-state index contributed by atoms with van der Waals surface area (Å²) < 4.78 is 5.80. The molecular weight excluding hydrogens is 304 g/mol. The maximum atomic E-state index is 12.8. The van der Waals surface area contributed by atoms with Crippen LogP contribution in [0.2, 0.25) is 0 Å². The summed E-state index contributed by atoms with van der Waals surface area (Å²) >= 11 is 0. The van der Waals surface area contributed by atoms with Gasteiger partial charge >= 0.3 is 11.9 Å². The summed E-state index contributed by atoms with van der Waals surface area (Å²) in [7, 11) is 0. The van der Waals surface area contributed by atoms with Gasteiger partial charge in [-0.3, -0.25) is 9.59 Å². The summed E-state index contributed by atoms with van der Waals surface area (Å²) in [5.41, 5.74) is 0. The van der Waals surface area contributed by atoms with Gasteiger partial charge in [-0.15, -0.1) is 0 Å². The highest BCUT2D eigenvalue weighted by Gasteiger charge is 2.37. The number of rotatable bonds is 11. The number of ether oxygens (including phenoxy) is 1. The van der Waals surface area contributed by atoms with E-state index in [0.29, 0.717) is 18.8 Å². The number of esters is 1. The van der Waals surface area contributed by atoms with E-state index in [2.05, 4.69) is 13.8 Å². The lowest BCUT2D eigenvalue weighted by Crippen LogP contribution is -2.36. The molecule has 4 heteroatoms. The van der Waals surface area contributed by atoms with Crippen LogP contribution < -0.4 is 0 Å². The first-order valence-electron chi connectivity index (χ1n) is 9.38. The normalized spacial score (nSPS) is 15.8. The van der Waals surface area contributed by atoms with Crippen molar-refractivity contribution in [2.24, 2.45) is 35.5 Å². The van der Waals surface area contributed by atoms with Gasteiger partial charge in [0.15, 0.2) is 0 Å². The molecule has 1 N–H and O–H groups in total. The molecule has 0 aliphatic heterocycles. The molecule has 0 heterocycles. The van der Waals surface area contributed by atoms with Crippen LogP contribution in [0.3, 0.4) is 0 Å². The van der Waals surface area contributed by atoms with Crippen LogP contribution in [0.25, 0.3) is 0 Å². The van der Waals surface area contributed by atoms with Crippen LogP contribution in [-0.2, 0) is 14.3 Å². The molecule has 0 aliphatic rings. The number of hydrogen-bond acceptors (Lipinski definition) is 3. The van der Waals surface area contributed by atoms with Crippen LogP contribution in [-0.4, -0.2) is 23.1 Å². The van der Waals surface area contributed by atoms with E-state index in [-0.39, 0.29) is 29.8 Å². The van der Waals surface area contributed by atoms with Gasteiger partial charge in [-0.2, -0.15) is 0 Å². The Morgan fingerprint density at radius 1 is 0.750 bits per heavy atom. The lowest BCUT2D eigenvalue weighted by molar-refractivity contribution is -0.165. The van der Waals surface area contributed by atoms with Crippen molar-refractivity contribution >= 4 is 11.9 Å². The molecule has 0 rings (SSSR count). The molecule has 0 fully saturated rings. The van der Waals surface area contributed by atoms with E-state index in [9.17, 15) is 14.7 Å². The third-order valence-corrected chi connectivity index (χ3v) is 4.27. The van der Waals surface area contributed by atoms with Crippen LogP contribution in [0.15, 0.2) is 0 Å². The molecule has 3 unspecified atom stereocenters. The fourth-order valence-corrected chi connectivity index (χ4v) is 3.04. The molecule has 0 spiro atoms. The van der Waals surface area contributed by atoms with E-state index in [1.54, 1.807) is 0 Å². The first-order valence-corrected chi connectivity index (χ1v) is 9.38. The first-order chi connectivity index (χ1) is 11.0. The van der Waals surface area contributed by atoms with Crippen LogP contribution in [0.4, 0.5) is 0 Å². The van der Waals surface area contributed by atoms with Crippen LogP contribution in [0.5, 0.6) is 0 Å². The molecule has 0 aromatic carbocycles. The Bertz CT molecular complexity index is 385. The minimum Gasteiger partial charge on any atom is -0.481 e. The Morgan fingerprint density at radius 3 is 1.50 bits per heavy atom. The molecule has 4 nitrogen and oxygen atoms in total. The molecule has 0 aromatic rings. The summed E-state index contributed by atoms with van der Waals surface area (Å²) in [5, 5.41) is 9.64. The molecule has 0 aliphatic carbocycles. The van der Waals surface area contributed by atoms with Crippen molar-refractivity contribution in [3.05, 3.63) is 0 Å². The third kappa shape index (κ3) is 8.70. The van der Waals surface area contributed by atoms with Gasteiger partial charge in [0.1, 0.15) is 6.10 Å². The van der Waals surface area contributed by atoms with E-state index in [1.165, 1.54) is 0 Å². The topological polar surface area (TPSA) is 63.6 Å². The van der Waals surface area contributed by atoms with E-state index < -0.39 is 17.8 Å². The fraction of sp³-hybridized carbons (Fsp3) is 0.900. The quantitative estimate of drug-likeness (QED) is 0.536. The highest BCUT2D eigenvalue weighted by Crippen LogP contribution is 2.29. The molecule has 0 saturated heterocycles. The average Bonchev–Trinajstić information content (AvgIpc) is 2.40. The fourth-order valence-electron chi connectivity index (χ4n) is 3.04. The predicted octanol–water partition coefficient (Wildman–Crippen LogP) is 5.01. The summed E-state index contributed by atoms with van der Waals surface area (Å²) in [6.07, 6.45) is 1.70. The number of carboxylic acid groups (broad SMARTS) is 1. The Balaban J connectivity index is 5.32. The number of carboxylic acids is 1. The lowest BCUT2D eigenvalue weighted by atomic mass is 9.80. The number of hydrogen-bond donors (Lipinski definition) is 1. The van der Waals surface area contributed by atoms with Gasteiger partial charge in [0.2, 0.25) is 0 Å². The summed E-state index contributed by atoms with van der Waals surface area (Å²) in [6, 6.07) is 0. The van der Waals surface area contributed by atoms with Gasteiger partial charge in [-0.25, -0.2) is 0 Å². The first kappa shape index (κ1) is 22.9. The molecule has 0 aromatic heterocycles. The van der Waals surface area contributed by atoms with E-state index in [0.717, 1.165) is 6.42 Å². The monoisotopic (exact) mass is 342 g/mol. The van der Waals surface area contributed by atoms with Crippen molar-refractivity contribution in [2.45, 2.75) is 80.8 Å². The van der Waals surface area contributed by atoms with Crippen molar-refractivity contribution in [2.75, 3.05) is 0 Å². The maximum absolute atomic E-state index is 12.8. The van der Waals surface area contributed by atoms with Gasteiger partial charge in [0.05, 0.1) is 11.8 Å². The molecular formula is C20H38O4. The highest BCUT2D eigenvalue weighted by atomic mass is 16.5. The SMILES string of the molecule is CC(C)CC(OC(=O)C(CC(C)C)C(CC(C)C)C(=O)O)C(C)C. The second-order valence-electron chi connectivity index (χ2n) is 8.66. The van der Waals surface area contributed by atoms with Gasteiger partial charge < -0.3 is 9.84 Å². The second kappa shape index (κ2) is 10.7. The van der Waals surface area contributed by atoms with E-state index in [4.69, 9.17) is 4.74 Å². The van der Waals surface area contributed by atoms with Crippen molar-refractivity contribution in [1.82, 2.24) is 0 Å². The van der Waals surface area contributed by atoms with E-state index >= 15 is 0 Å². The van der Waals surface area contributed by atoms with Crippen LogP contribution >= 0.6 is 0 Å². The molecule has 0 saturated carbocycles. The summed E-state index contributed by atoms with van der Waals surface area (Å²) in [6.45, 7) is 16.3. The zero-order valence-electron chi connectivity index (χ0n) is 16.8. The largest absolute Gasteiger partial charge is 0.481 e. The Labute approximate surface area is 148 Å². The summed E-state index contributed by atoms with van der Waals surface area (Å²) in [4.78, 5) is 24.6. The smallest absolute Gasteiger partial charge is 0.310 e. The highest BCUT2D eigenvalue weighted by molar-refractivity contribution is 5.81. The zero-order valence-corrected chi connectivity index (χ0v) is 16.8. The van der Waals surface area contributed by atoms with Crippen molar-refractivity contribution in [1.29, 1.82) is 0 Å². The molecule has 0 radical (unpaired) electrons. The number of carbonyl (C=O) groups is 2. The predicted molar refractivity (Wildman–Crippen MR) is 97.7 cm³/mol. The molecule has 0 amide bonds. The molecule has 3 atom stereocenters. The lowest BCUT2D eigenvalue weighted by Gasteiger charge is -2.29. The maximum Gasteiger partial charge on any atom is 0.310 e. The third-order valence-electron chi connectivity index (χ3n) is 4.27. The van der Waals surface area contributed by atoms with Gasteiger partial charge in [-0.1, -0.05) is 55.4 Å². The molecule has 0 bridgehead atoms. The standard InChI is InChI=1S/C20H38O4/c1-12(2)9-16(19(21)22)17(10-13(3)4)20(23)24-18(15(7)8)11-14(5)6/h12-18H,9-11H2,1-8H3,(H,21,22). The van der Waals surface area contributed by atoms with Crippen molar-refractivity contribution in [3.63, 3.8) is 0 Å². The average molecular weight is 343 g/mol. The molecule has 142 valence electrons. The minimum absolute atomic E-state index is 0.152. The Kier molecular flexibility index (Phi) is 10.3. The van der Waals surface area contributed by atoms with Gasteiger partial charge in [0.25, 0.3) is 0 Å². The summed E-state index contributed by atoms with van der Waals surface area (Å²) in [5.74, 6) is -1.34. The Hall–Kier alpha value is -1.06. The number of aliphatic carboxylic acids is 1. The van der Waals surface area contributed by atoms with Crippen LogP contribution in [0.1, 0.15) is 74.7 Å². The van der Waals surface area contributed by atoms with Gasteiger partial charge in [0, 0.05) is 0 Å². The van der Waals surface area contributed by atoms with Crippen LogP contribution in [0, 0.1) is 35.5 Å². The van der Waals surface area contributed by atoms with E-state index in [1.807, 2.05) is 41.5 Å². The van der Waals surface area contributed by atoms with Crippen molar-refractivity contribution in [3.8, 4) is 0 Å².